The van der Waals surface area contributed by atoms with Gasteiger partial charge >= 0.3 is 6.09 Å². The minimum absolute atomic E-state index is 0.159. The summed E-state index contributed by atoms with van der Waals surface area (Å²) < 4.78 is 5.52. The Bertz CT molecular complexity index is 494. The second-order valence-corrected chi connectivity index (χ2v) is 6.93. The molecule has 1 N–H and O–H groups in total. The molecule has 1 aliphatic rings. The predicted molar refractivity (Wildman–Crippen MR) is 88.0 cm³/mol. The van der Waals surface area contributed by atoms with Crippen molar-refractivity contribution in [1.29, 1.82) is 0 Å². The first-order valence-corrected chi connectivity index (χ1v) is 8.01. The van der Waals surface area contributed by atoms with Crippen molar-refractivity contribution in [3.63, 3.8) is 0 Å². The third kappa shape index (κ3) is 4.90. The lowest BCUT2D eigenvalue weighted by Gasteiger charge is -2.36. The summed E-state index contributed by atoms with van der Waals surface area (Å²) in [5.74, 6) is 0.848. The monoisotopic (exact) mass is 305 g/mol. The average molecular weight is 305 g/mol. The van der Waals surface area contributed by atoms with E-state index in [1.54, 1.807) is 0 Å². The highest BCUT2D eigenvalue weighted by Crippen LogP contribution is 2.20. The summed E-state index contributed by atoms with van der Waals surface area (Å²) in [5, 5.41) is 3.33. The molecule has 22 heavy (non-hydrogen) atoms. The molecule has 0 radical (unpaired) electrons. The smallest absolute Gasteiger partial charge is 0.410 e. The van der Waals surface area contributed by atoms with Gasteiger partial charge in [0.1, 0.15) is 11.4 Å². The number of nitrogens with zero attached hydrogens (tertiary/aromatic N) is 2. The fourth-order valence-corrected chi connectivity index (χ4v) is 2.57. The van der Waals surface area contributed by atoms with Gasteiger partial charge in [-0.25, -0.2) is 9.78 Å². The minimum atomic E-state index is -0.453. The fraction of sp³-hybridized carbons (Fsp3) is 0.647. The molecule has 1 atom stereocenters. The number of carbonyl (C=O) groups excluding carboxylic acids is 1. The molecule has 1 amide bonds. The van der Waals surface area contributed by atoms with Gasteiger partial charge in [0.2, 0.25) is 0 Å². The molecule has 1 saturated heterocycles. The summed E-state index contributed by atoms with van der Waals surface area (Å²) in [4.78, 5) is 18.5. The van der Waals surface area contributed by atoms with Crippen molar-refractivity contribution in [2.24, 2.45) is 0 Å². The molecule has 0 spiro atoms. The number of aromatic nitrogens is 1. The first kappa shape index (κ1) is 16.6. The van der Waals surface area contributed by atoms with E-state index in [1.807, 2.05) is 50.9 Å². The highest BCUT2D eigenvalue weighted by atomic mass is 16.6. The lowest BCUT2D eigenvalue weighted by atomic mass is 10.0. The Hall–Kier alpha value is -1.78. The van der Waals surface area contributed by atoms with Crippen molar-refractivity contribution in [2.45, 2.75) is 58.6 Å². The number of pyridine rings is 1. The van der Waals surface area contributed by atoms with Crippen LogP contribution >= 0.6 is 0 Å². The van der Waals surface area contributed by atoms with E-state index in [0.29, 0.717) is 6.54 Å². The van der Waals surface area contributed by atoms with Crippen molar-refractivity contribution in [1.82, 2.24) is 9.88 Å². The molecule has 1 fully saturated rings. The molecule has 2 rings (SSSR count). The third-order valence-corrected chi connectivity index (χ3v) is 3.69. The molecule has 1 aromatic rings. The molecule has 5 heteroatoms. The maximum Gasteiger partial charge on any atom is 0.410 e. The van der Waals surface area contributed by atoms with Crippen molar-refractivity contribution >= 4 is 11.9 Å². The summed E-state index contributed by atoms with van der Waals surface area (Å²) in [6, 6.07) is 4.16. The Morgan fingerprint density at radius 3 is 2.82 bits per heavy atom. The van der Waals surface area contributed by atoms with Gasteiger partial charge in [0, 0.05) is 19.3 Å². The molecular weight excluding hydrogens is 278 g/mol. The number of rotatable bonds is 3. The number of amides is 1. The van der Waals surface area contributed by atoms with Crippen LogP contribution in [0.1, 0.15) is 45.6 Å². The number of likely N-dealkylation sites (tertiary alicyclic amines) is 1. The lowest BCUT2D eigenvalue weighted by molar-refractivity contribution is 0.0114. The maximum absolute atomic E-state index is 12.3. The minimum Gasteiger partial charge on any atom is -0.444 e. The fourth-order valence-electron chi connectivity index (χ4n) is 2.57. The number of ether oxygens (including phenoxy) is 1. The Morgan fingerprint density at radius 2 is 2.18 bits per heavy atom. The summed E-state index contributed by atoms with van der Waals surface area (Å²) in [6.45, 7) is 9.19. The van der Waals surface area contributed by atoms with Crippen LogP contribution in [0, 0.1) is 6.92 Å². The normalized spacial score (nSPS) is 18.9. The zero-order valence-electron chi connectivity index (χ0n) is 14.1. The van der Waals surface area contributed by atoms with Gasteiger partial charge < -0.3 is 15.0 Å². The molecule has 0 aliphatic carbocycles. The Labute approximate surface area is 133 Å². The van der Waals surface area contributed by atoms with E-state index >= 15 is 0 Å². The second kappa shape index (κ2) is 6.99. The van der Waals surface area contributed by atoms with E-state index in [4.69, 9.17) is 4.74 Å². The predicted octanol–water partition coefficient (Wildman–Crippen LogP) is 3.59. The highest BCUT2D eigenvalue weighted by molar-refractivity contribution is 5.68. The average Bonchev–Trinajstić information content (AvgIpc) is 2.45. The Balaban J connectivity index is 1.94. The molecule has 0 bridgehead atoms. The van der Waals surface area contributed by atoms with Gasteiger partial charge in [-0.3, -0.25) is 0 Å². The van der Waals surface area contributed by atoms with E-state index in [1.165, 1.54) is 0 Å². The van der Waals surface area contributed by atoms with Crippen LogP contribution in [-0.2, 0) is 4.74 Å². The quantitative estimate of drug-likeness (QED) is 0.927. The summed E-state index contributed by atoms with van der Waals surface area (Å²) in [6.07, 6.45) is 4.81. The van der Waals surface area contributed by atoms with Crippen LogP contribution in [-0.4, -0.2) is 40.7 Å². The number of aryl methyl sites for hydroxylation is 1. The van der Waals surface area contributed by atoms with E-state index < -0.39 is 5.60 Å². The van der Waals surface area contributed by atoms with Crippen LogP contribution < -0.4 is 5.32 Å². The number of anilines is 1. The molecule has 122 valence electrons. The van der Waals surface area contributed by atoms with E-state index in [9.17, 15) is 4.79 Å². The number of hydrogen-bond donors (Lipinski definition) is 1. The molecule has 0 unspecified atom stereocenters. The number of nitrogens with one attached hydrogen (secondary N) is 1. The van der Waals surface area contributed by atoms with E-state index in [-0.39, 0.29) is 12.1 Å². The van der Waals surface area contributed by atoms with Gasteiger partial charge in [-0.2, -0.15) is 0 Å². The molecule has 1 aromatic heterocycles. The first-order chi connectivity index (χ1) is 10.3. The second-order valence-electron chi connectivity index (χ2n) is 6.93. The lowest BCUT2D eigenvalue weighted by Crippen LogP contribution is -2.48. The third-order valence-electron chi connectivity index (χ3n) is 3.69. The first-order valence-electron chi connectivity index (χ1n) is 8.01. The van der Waals surface area contributed by atoms with Crippen LogP contribution in [0.3, 0.4) is 0 Å². The van der Waals surface area contributed by atoms with Gasteiger partial charge in [0.15, 0.2) is 0 Å². The van der Waals surface area contributed by atoms with E-state index in [2.05, 4.69) is 10.3 Å². The van der Waals surface area contributed by atoms with Crippen LogP contribution in [0.2, 0.25) is 0 Å². The van der Waals surface area contributed by atoms with Crippen LogP contribution in [0.15, 0.2) is 18.3 Å². The highest BCUT2D eigenvalue weighted by Gasteiger charge is 2.30. The van der Waals surface area contributed by atoms with Gasteiger partial charge in [0.25, 0.3) is 0 Å². The van der Waals surface area contributed by atoms with Gasteiger partial charge in [-0.1, -0.05) is 6.07 Å². The maximum atomic E-state index is 12.3. The molecule has 0 aromatic carbocycles. The van der Waals surface area contributed by atoms with Crippen LogP contribution in [0.25, 0.3) is 0 Å². The summed E-state index contributed by atoms with van der Waals surface area (Å²) in [7, 11) is 0. The van der Waals surface area contributed by atoms with Crippen LogP contribution in [0.5, 0.6) is 0 Å². The topological polar surface area (TPSA) is 54.5 Å². The number of piperidine rings is 1. The Kier molecular flexibility index (Phi) is 5.27. The van der Waals surface area contributed by atoms with Crippen molar-refractivity contribution < 1.29 is 9.53 Å². The SMILES string of the molecule is Cc1ccc(NC[C@H]2CCCCN2C(=O)OC(C)(C)C)nc1. The largest absolute Gasteiger partial charge is 0.444 e. The Morgan fingerprint density at radius 1 is 1.41 bits per heavy atom. The zero-order valence-corrected chi connectivity index (χ0v) is 14.1. The van der Waals surface area contributed by atoms with Gasteiger partial charge in [0.05, 0.1) is 6.04 Å². The summed E-state index contributed by atoms with van der Waals surface area (Å²) >= 11 is 0. The number of hydrogen-bond acceptors (Lipinski definition) is 4. The molecule has 1 aliphatic heterocycles. The van der Waals surface area contributed by atoms with Crippen LogP contribution in [0.4, 0.5) is 10.6 Å². The van der Waals surface area contributed by atoms with E-state index in [0.717, 1.165) is 37.2 Å². The van der Waals surface area contributed by atoms with Gasteiger partial charge in [-0.05, 0) is 58.6 Å². The van der Waals surface area contributed by atoms with Crippen molar-refractivity contribution in [3.05, 3.63) is 23.9 Å². The van der Waals surface area contributed by atoms with Gasteiger partial charge in [-0.15, -0.1) is 0 Å². The summed E-state index contributed by atoms with van der Waals surface area (Å²) in [5.41, 5.74) is 0.684. The van der Waals surface area contributed by atoms with Crippen molar-refractivity contribution in [2.75, 3.05) is 18.4 Å². The molecule has 2 heterocycles. The molecule has 0 saturated carbocycles. The van der Waals surface area contributed by atoms with Crippen molar-refractivity contribution in [3.8, 4) is 0 Å². The number of carbonyl (C=O) groups is 1. The molecular formula is C17H27N3O2. The molecule has 5 nitrogen and oxygen atoms in total. The standard InChI is InChI=1S/C17H27N3O2/c1-13-8-9-15(18-11-13)19-12-14-7-5-6-10-20(14)16(21)22-17(2,3)4/h8-9,11,14H,5-7,10,12H2,1-4H3,(H,18,19)/t14-/m1/s1. The zero-order chi connectivity index (χ0) is 16.2.